The van der Waals surface area contributed by atoms with Crippen molar-refractivity contribution >= 4 is 17.3 Å². The van der Waals surface area contributed by atoms with Crippen LogP contribution in [0.4, 0.5) is 0 Å². The van der Waals surface area contributed by atoms with E-state index >= 15 is 0 Å². The van der Waals surface area contributed by atoms with Crippen LogP contribution in [0.1, 0.15) is 28.9 Å². The zero-order valence-electron chi connectivity index (χ0n) is 14.9. The lowest BCUT2D eigenvalue weighted by molar-refractivity contribution is 0.404. The molecule has 4 atom stereocenters. The minimum absolute atomic E-state index is 0.0500. The fraction of sp³-hybridized carbons (Fsp3) is 0.174. The molecule has 3 nitrogen and oxygen atoms in total. The molecular formula is C23H19ClN2O. The average molecular weight is 375 g/mol. The second-order valence-electron chi connectivity index (χ2n) is 6.89. The largest absolute Gasteiger partial charge is 0.497 e. The minimum atomic E-state index is -0.0500. The van der Waals surface area contributed by atoms with Gasteiger partial charge in [-0.1, -0.05) is 60.1 Å². The third kappa shape index (κ3) is 2.75. The Morgan fingerprint density at radius 2 is 1.56 bits per heavy atom. The van der Waals surface area contributed by atoms with Gasteiger partial charge in [0.1, 0.15) is 11.9 Å². The highest BCUT2D eigenvalue weighted by Gasteiger charge is 2.59. The molecule has 0 amide bonds. The van der Waals surface area contributed by atoms with Crippen molar-refractivity contribution in [2.24, 2.45) is 4.99 Å². The third-order valence-electron chi connectivity index (χ3n) is 5.39. The van der Waals surface area contributed by atoms with Gasteiger partial charge >= 0.3 is 0 Å². The van der Waals surface area contributed by atoms with E-state index in [0.29, 0.717) is 6.04 Å². The van der Waals surface area contributed by atoms with E-state index in [4.69, 9.17) is 21.3 Å². The molecule has 2 aliphatic heterocycles. The Bertz CT molecular complexity index is 1000. The summed E-state index contributed by atoms with van der Waals surface area (Å²) in [5.41, 5.74) is 4.64. The van der Waals surface area contributed by atoms with Gasteiger partial charge in [-0.2, -0.15) is 0 Å². The Morgan fingerprint density at radius 1 is 0.852 bits per heavy atom. The fourth-order valence-electron chi connectivity index (χ4n) is 4.04. The van der Waals surface area contributed by atoms with Crippen LogP contribution in [-0.2, 0) is 0 Å². The Morgan fingerprint density at radius 3 is 2.26 bits per heavy atom. The van der Waals surface area contributed by atoms with E-state index in [1.807, 2.05) is 30.3 Å². The van der Waals surface area contributed by atoms with Crippen LogP contribution in [0.25, 0.3) is 0 Å². The van der Waals surface area contributed by atoms with E-state index in [1.165, 1.54) is 5.56 Å². The first-order chi connectivity index (χ1) is 13.3. The fourth-order valence-corrected chi connectivity index (χ4v) is 4.28. The van der Waals surface area contributed by atoms with Crippen LogP contribution in [0.15, 0.2) is 83.9 Å². The summed E-state index contributed by atoms with van der Waals surface area (Å²) in [4.78, 5) is 7.51. The van der Waals surface area contributed by atoms with Crippen LogP contribution in [0, 0.1) is 0 Å². The standard InChI is InChI=1S/C23H19ClN2O/c1-27-17-13-11-15(12-14-17)20-22-21(16-7-3-2-4-8-16)26(22)23(25-20)18-9-5-6-10-19(18)24/h2-14,21-23H,1H3/t21-,22-,23+,26?/m0/s1. The highest BCUT2D eigenvalue weighted by atomic mass is 35.5. The molecule has 0 radical (unpaired) electrons. The number of hydrogen-bond donors (Lipinski definition) is 0. The van der Waals surface area contributed by atoms with E-state index in [1.54, 1.807) is 7.11 Å². The zero-order valence-corrected chi connectivity index (χ0v) is 15.7. The summed E-state index contributed by atoms with van der Waals surface area (Å²) in [6.45, 7) is 0. The van der Waals surface area contributed by atoms with Crippen molar-refractivity contribution in [3.8, 4) is 5.75 Å². The minimum Gasteiger partial charge on any atom is -0.497 e. The zero-order chi connectivity index (χ0) is 18.4. The molecule has 2 heterocycles. The number of fused-ring (bicyclic) bond motifs is 1. The maximum atomic E-state index is 6.50. The number of hydrogen-bond acceptors (Lipinski definition) is 3. The highest BCUT2D eigenvalue weighted by Crippen LogP contribution is 2.56. The van der Waals surface area contributed by atoms with Crippen LogP contribution >= 0.6 is 11.6 Å². The lowest BCUT2D eigenvalue weighted by Crippen LogP contribution is -2.08. The predicted octanol–water partition coefficient (Wildman–Crippen LogP) is 5.28. The molecule has 0 saturated carbocycles. The molecule has 1 fully saturated rings. The molecule has 134 valence electrons. The smallest absolute Gasteiger partial charge is 0.131 e. The second kappa shape index (κ2) is 6.52. The van der Waals surface area contributed by atoms with Gasteiger partial charge in [-0.05, 0) is 41.5 Å². The van der Waals surface area contributed by atoms with Crippen molar-refractivity contribution in [2.75, 3.05) is 7.11 Å². The summed E-state index contributed by atoms with van der Waals surface area (Å²) in [5.74, 6) is 0.854. The monoisotopic (exact) mass is 374 g/mol. The van der Waals surface area contributed by atoms with Crippen LogP contribution in [0.3, 0.4) is 0 Å². The number of aliphatic imine (C=N–C) groups is 1. The van der Waals surface area contributed by atoms with Crippen molar-refractivity contribution < 1.29 is 4.74 Å². The molecule has 0 spiro atoms. The molecule has 5 rings (SSSR count). The van der Waals surface area contributed by atoms with E-state index in [0.717, 1.165) is 27.6 Å². The van der Waals surface area contributed by atoms with Gasteiger partial charge in [-0.25, -0.2) is 0 Å². The van der Waals surface area contributed by atoms with Crippen molar-refractivity contribution in [3.05, 3.63) is 101 Å². The van der Waals surface area contributed by atoms with Gasteiger partial charge in [-0.3, -0.25) is 9.89 Å². The number of nitrogens with zero attached hydrogens (tertiary/aromatic N) is 2. The lowest BCUT2D eigenvalue weighted by Gasteiger charge is -2.15. The first kappa shape index (κ1) is 16.5. The van der Waals surface area contributed by atoms with Crippen LogP contribution in [0.2, 0.25) is 5.02 Å². The van der Waals surface area contributed by atoms with Crippen molar-refractivity contribution in [1.82, 2.24) is 4.90 Å². The first-order valence-corrected chi connectivity index (χ1v) is 9.44. The van der Waals surface area contributed by atoms with Crippen molar-refractivity contribution in [3.63, 3.8) is 0 Å². The van der Waals surface area contributed by atoms with Crippen LogP contribution < -0.4 is 4.74 Å². The third-order valence-corrected chi connectivity index (χ3v) is 5.73. The number of benzene rings is 3. The molecular weight excluding hydrogens is 356 g/mol. The lowest BCUT2D eigenvalue weighted by atomic mass is 10.0. The Balaban J connectivity index is 1.57. The summed E-state index contributed by atoms with van der Waals surface area (Å²) in [7, 11) is 1.68. The van der Waals surface area contributed by atoms with Gasteiger partial charge in [0.25, 0.3) is 0 Å². The van der Waals surface area contributed by atoms with Gasteiger partial charge in [0, 0.05) is 10.6 Å². The van der Waals surface area contributed by atoms with Crippen molar-refractivity contribution in [2.45, 2.75) is 18.2 Å². The normalized spacial score (nSPS) is 25.6. The van der Waals surface area contributed by atoms with E-state index in [2.05, 4.69) is 53.4 Å². The SMILES string of the molecule is COc1ccc(C2=N[C@@H](c3ccccc3Cl)N3[C@@H]2[C@@H]3c2ccccc2)cc1. The predicted molar refractivity (Wildman–Crippen MR) is 109 cm³/mol. The maximum Gasteiger partial charge on any atom is 0.131 e. The van der Waals surface area contributed by atoms with Crippen molar-refractivity contribution in [1.29, 1.82) is 0 Å². The van der Waals surface area contributed by atoms with Gasteiger partial charge in [0.2, 0.25) is 0 Å². The molecule has 4 heteroatoms. The second-order valence-corrected chi connectivity index (χ2v) is 7.29. The quantitative estimate of drug-likeness (QED) is 0.580. The van der Waals surface area contributed by atoms with Gasteiger partial charge < -0.3 is 4.74 Å². The number of halogens is 1. The molecule has 1 saturated heterocycles. The highest BCUT2D eigenvalue weighted by molar-refractivity contribution is 6.31. The molecule has 3 aromatic carbocycles. The molecule has 0 aromatic heterocycles. The average Bonchev–Trinajstić information content (AvgIpc) is 3.34. The topological polar surface area (TPSA) is 24.6 Å². The Labute approximate surface area is 163 Å². The Hall–Kier alpha value is -2.62. The van der Waals surface area contributed by atoms with Gasteiger partial charge in [0.05, 0.1) is 24.9 Å². The molecule has 3 aromatic rings. The number of ether oxygens (including phenoxy) is 1. The summed E-state index contributed by atoms with van der Waals surface area (Å²) < 4.78 is 5.30. The Kier molecular flexibility index (Phi) is 4.00. The number of rotatable bonds is 4. The molecule has 2 aliphatic rings. The van der Waals surface area contributed by atoms with Gasteiger partial charge in [0.15, 0.2) is 0 Å². The number of methoxy groups -OCH3 is 1. The molecule has 0 bridgehead atoms. The molecule has 1 unspecified atom stereocenters. The maximum absolute atomic E-state index is 6.50. The first-order valence-electron chi connectivity index (χ1n) is 9.07. The van der Waals surface area contributed by atoms with E-state index < -0.39 is 0 Å². The summed E-state index contributed by atoms with van der Waals surface area (Å²) >= 11 is 6.50. The van der Waals surface area contributed by atoms with Crippen LogP contribution in [-0.4, -0.2) is 23.8 Å². The summed E-state index contributed by atoms with van der Waals surface area (Å²) in [5, 5.41) is 0.764. The van der Waals surface area contributed by atoms with Crippen LogP contribution in [0.5, 0.6) is 5.75 Å². The van der Waals surface area contributed by atoms with Gasteiger partial charge in [-0.15, -0.1) is 0 Å². The molecule has 27 heavy (non-hydrogen) atoms. The molecule has 0 N–H and O–H groups in total. The van der Waals surface area contributed by atoms with E-state index in [-0.39, 0.29) is 12.2 Å². The van der Waals surface area contributed by atoms with E-state index in [9.17, 15) is 0 Å². The summed E-state index contributed by atoms with van der Waals surface area (Å²) in [6.07, 6.45) is -0.0500. The summed E-state index contributed by atoms with van der Waals surface area (Å²) in [6, 6.07) is 27.4. The molecule has 0 aliphatic carbocycles.